The Bertz CT molecular complexity index is 445. The van der Waals surface area contributed by atoms with Gasteiger partial charge in [-0.05, 0) is 25.3 Å². The quantitative estimate of drug-likeness (QED) is 0.762. The number of amides is 1. The Kier molecular flexibility index (Phi) is 2.86. The van der Waals surface area contributed by atoms with Crippen LogP contribution in [0.2, 0.25) is 0 Å². The number of hydrogen-bond donors (Lipinski definition) is 0. The molecule has 2 aliphatic heterocycles. The molecule has 96 valence electrons. The lowest BCUT2D eigenvalue weighted by atomic mass is 9.79. The van der Waals surface area contributed by atoms with Gasteiger partial charge in [0.05, 0.1) is 24.7 Å². The average Bonchev–Trinajstić information content (AvgIpc) is 2.75. The van der Waals surface area contributed by atoms with E-state index in [9.17, 15) is 4.79 Å². The Hall–Kier alpha value is -1.35. The standard InChI is InChI=1S/C15H19NO2/c1-12(18-11-13-6-3-2-4-7-13)15-8-5-9-16(15)14(17)10-15/h2-4,6-7,12H,5,8-11H2,1H3/t12-,15+/m0/s1. The lowest BCUT2D eigenvalue weighted by Crippen LogP contribution is -2.65. The lowest BCUT2D eigenvalue weighted by Gasteiger charge is -2.50. The second kappa shape index (κ2) is 4.39. The van der Waals surface area contributed by atoms with Crippen LogP contribution < -0.4 is 0 Å². The van der Waals surface area contributed by atoms with Crippen molar-refractivity contribution in [3.8, 4) is 0 Å². The molecule has 0 aromatic heterocycles. The van der Waals surface area contributed by atoms with Crippen LogP contribution in [0.1, 0.15) is 31.7 Å². The summed E-state index contributed by atoms with van der Waals surface area (Å²) >= 11 is 0. The fourth-order valence-corrected chi connectivity index (χ4v) is 3.24. The Morgan fingerprint density at radius 3 is 2.89 bits per heavy atom. The van der Waals surface area contributed by atoms with Gasteiger partial charge < -0.3 is 9.64 Å². The Morgan fingerprint density at radius 1 is 1.39 bits per heavy atom. The molecule has 2 saturated heterocycles. The van der Waals surface area contributed by atoms with Crippen LogP contribution in [-0.4, -0.2) is 29.0 Å². The zero-order chi connectivity index (χ0) is 12.6. The van der Waals surface area contributed by atoms with Crippen LogP contribution in [-0.2, 0) is 16.1 Å². The molecular formula is C15H19NO2. The fourth-order valence-electron chi connectivity index (χ4n) is 3.24. The molecule has 2 atom stereocenters. The number of rotatable bonds is 4. The third-order valence-corrected chi connectivity index (χ3v) is 4.39. The number of carbonyl (C=O) groups is 1. The number of carbonyl (C=O) groups excluding carboxylic acids is 1. The van der Waals surface area contributed by atoms with Crippen LogP contribution in [0, 0.1) is 0 Å². The van der Waals surface area contributed by atoms with Gasteiger partial charge in [0.1, 0.15) is 0 Å². The predicted molar refractivity (Wildman–Crippen MR) is 69.0 cm³/mol. The average molecular weight is 245 g/mol. The summed E-state index contributed by atoms with van der Waals surface area (Å²) in [5, 5.41) is 0. The smallest absolute Gasteiger partial charge is 0.225 e. The molecule has 0 spiro atoms. The Morgan fingerprint density at radius 2 is 2.17 bits per heavy atom. The van der Waals surface area contributed by atoms with Gasteiger partial charge in [0, 0.05) is 6.54 Å². The van der Waals surface area contributed by atoms with Crippen LogP contribution >= 0.6 is 0 Å². The second-order valence-corrected chi connectivity index (χ2v) is 5.37. The molecule has 1 aromatic rings. The van der Waals surface area contributed by atoms with Gasteiger partial charge in [0.15, 0.2) is 0 Å². The van der Waals surface area contributed by atoms with Crippen molar-refractivity contribution >= 4 is 5.91 Å². The van der Waals surface area contributed by atoms with Crippen LogP contribution in [0.5, 0.6) is 0 Å². The van der Waals surface area contributed by atoms with E-state index in [4.69, 9.17) is 4.74 Å². The highest BCUT2D eigenvalue weighted by Crippen LogP contribution is 2.45. The van der Waals surface area contributed by atoms with Gasteiger partial charge in [-0.2, -0.15) is 0 Å². The van der Waals surface area contributed by atoms with Gasteiger partial charge in [-0.15, -0.1) is 0 Å². The van der Waals surface area contributed by atoms with Gasteiger partial charge in [0.25, 0.3) is 0 Å². The molecule has 1 aromatic carbocycles. The molecule has 3 rings (SSSR count). The minimum atomic E-state index is 0.00582. The largest absolute Gasteiger partial charge is 0.371 e. The van der Waals surface area contributed by atoms with Crippen molar-refractivity contribution in [2.24, 2.45) is 0 Å². The third kappa shape index (κ3) is 1.74. The van der Waals surface area contributed by atoms with Crippen molar-refractivity contribution in [3.63, 3.8) is 0 Å². The van der Waals surface area contributed by atoms with Gasteiger partial charge in [-0.3, -0.25) is 4.79 Å². The zero-order valence-electron chi connectivity index (χ0n) is 10.8. The number of benzene rings is 1. The number of hydrogen-bond acceptors (Lipinski definition) is 2. The van der Waals surface area contributed by atoms with E-state index >= 15 is 0 Å². The van der Waals surface area contributed by atoms with Gasteiger partial charge in [0.2, 0.25) is 5.91 Å². The molecule has 2 heterocycles. The van der Waals surface area contributed by atoms with E-state index in [-0.39, 0.29) is 11.6 Å². The first-order valence-electron chi connectivity index (χ1n) is 6.68. The first kappa shape index (κ1) is 11.7. The normalized spacial score (nSPS) is 27.8. The maximum absolute atomic E-state index is 11.6. The second-order valence-electron chi connectivity index (χ2n) is 5.37. The summed E-state index contributed by atoms with van der Waals surface area (Å²) in [5.41, 5.74) is 1.20. The monoisotopic (exact) mass is 245 g/mol. The molecular weight excluding hydrogens is 226 g/mol. The Balaban J connectivity index is 1.62. The number of fused-ring (bicyclic) bond motifs is 1. The summed E-state index contributed by atoms with van der Waals surface area (Å²) in [5.74, 6) is 0.294. The maximum atomic E-state index is 11.6. The SMILES string of the molecule is C[C@H](OCc1ccccc1)[C@]12CCCN1C(=O)C2. The molecule has 0 N–H and O–H groups in total. The van der Waals surface area contributed by atoms with Crippen molar-refractivity contribution in [1.82, 2.24) is 4.90 Å². The molecule has 18 heavy (non-hydrogen) atoms. The maximum Gasteiger partial charge on any atom is 0.225 e. The molecule has 2 aliphatic rings. The molecule has 0 unspecified atom stereocenters. The first-order chi connectivity index (χ1) is 8.72. The van der Waals surface area contributed by atoms with Crippen molar-refractivity contribution in [2.45, 2.75) is 44.4 Å². The zero-order valence-corrected chi connectivity index (χ0v) is 10.8. The van der Waals surface area contributed by atoms with Gasteiger partial charge >= 0.3 is 0 Å². The van der Waals surface area contributed by atoms with Gasteiger partial charge in [-0.1, -0.05) is 30.3 Å². The number of β-lactam (4-membered cyclic amide) rings is 1. The van der Waals surface area contributed by atoms with E-state index in [0.29, 0.717) is 18.9 Å². The van der Waals surface area contributed by atoms with Crippen molar-refractivity contribution < 1.29 is 9.53 Å². The van der Waals surface area contributed by atoms with Crippen molar-refractivity contribution in [3.05, 3.63) is 35.9 Å². The van der Waals surface area contributed by atoms with E-state index in [0.717, 1.165) is 19.4 Å². The molecule has 2 fully saturated rings. The molecule has 3 nitrogen and oxygen atoms in total. The summed E-state index contributed by atoms with van der Waals surface area (Å²) in [6, 6.07) is 10.2. The molecule has 0 aliphatic carbocycles. The van der Waals surface area contributed by atoms with Crippen molar-refractivity contribution in [1.29, 1.82) is 0 Å². The molecule has 0 saturated carbocycles. The Labute approximate surface area is 108 Å². The topological polar surface area (TPSA) is 29.5 Å². The van der Waals surface area contributed by atoms with Crippen LogP contribution in [0.25, 0.3) is 0 Å². The summed E-state index contributed by atoms with van der Waals surface area (Å²) < 4.78 is 5.99. The van der Waals surface area contributed by atoms with Gasteiger partial charge in [-0.25, -0.2) is 0 Å². The predicted octanol–water partition coefficient (Wildman–Crippen LogP) is 2.36. The summed E-state index contributed by atoms with van der Waals surface area (Å²) in [6.45, 7) is 3.65. The van der Waals surface area contributed by atoms with Crippen LogP contribution in [0.3, 0.4) is 0 Å². The molecule has 0 radical (unpaired) electrons. The summed E-state index contributed by atoms with van der Waals surface area (Å²) in [6.07, 6.45) is 3.00. The van der Waals surface area contributed by atoms with E-state index in [1.165, 1.54) is 5.56 Å². The molecule has 0 bridgehead atoms. The minimum absolute atomic E-state index is 0.00582. The minimum Gasteiger partial charge on any atom is -0.371 e. The summed E-state index contributed by atoms with van der Waals surface area (Å²) in [7, 11) is 0. The molecule has 3 heteroatoms. The molecule has 1 amide bonds. The number of ether oxygens (including phenoxy) is 1. The number of nitrogens with zero attached hydrogens (tertiary/aromatic N) is 1. The van der Waals surface area contributed by atoms with E-state index in [2.05, 4.69) is 19.1 Å². The van der Waals surface area contributed by atoms with E-state index in [1.54, 1.807) is 0 Å². The van der Waals surface area contributed by atoms with E-state index < -0.39 is 0 Å². The third-order valence-electron chi connectivity index (χ3n) is 4.39. The fraction of sp³-hybridized carbons (Fsp3) is 0.533. The highest BCUT2D eigenvalue weighted by molar-refractivity contribution is 5.85. The highest BCUT2D eigenvalue weighted by Gasteiger charge is 2.57. The highest BCUT2D eigenvalue weighted by atomic mass is 16.5. The lowest BCUT2D eigenvalue weighted by molar-refractivity contribution is -0.167. The van der Waals surface area contributed by atoms with Crippen LogP contribution in [0.4, 0.5) is 0 Å². The van der Waals surface area contributed by atoms with Crippen LogP contribution in [0.15, 0.2) is 30.3 Å². The van der Waals surface area contributed by atoms with Crippen molar-refractivity contribution in [2.75, 3.05) is 6.54 Å². The summed E-state index contributed by atoms with van der Waals surface area (Å²) in [4.78, 5) is 13.6. The van der Waals surface area contributed by atoms with E-state index in [1.807, 2.05) is 23.1 Å². The first-order valence-corrected chi connectivity index (χ1v) is 6.68.